The van der Waals surface area contributed by atoms with Gasteiger partial charge in [0.05, 0.1) is 12.6 Å². The maximum atomic E-state index is 9.97. The molecule has 1 aliphatic heterocycles. The molecule has 0 bridgehead atoms. The number of hydrogen-bond donors (Lipinski definition) is 2. The van der Waals surface area contributed by atoms with Crippen LogP contribution in [0.2, 0.25) is 0 Å². The third-order valence-corrected chi connectivity index (χ3v) is 4.65. The third kappa shape index (κ3) is 4.44. The number of aliphatic hydroxyl groups is 1. The summed E-state index contributed by atoms with van der Waals surface area (Å²) >= 11 is 0. The molecule has 2 aromatic carbocycles. The fourth-order valence-electron chi connectivity index (χ4n) is 3.41. The van der Waals surface area contributed by atoms with Crippen molar-refractivity contribution in [3.63, 3.8) is 0 Å². The molecule has 0 amide bonds. The summed E-state index contributed by atoms with van der Waals surface area (Å²) in [5.74, 6) is 0.645. The molecule has 0 saturated carbocycles. The van der Waals surface area contributed by atoms with E-state index in [1.54, 1.807) is 4.68 Å². The minimum absolute atomic E-state index is 0. The molecule has 3 N–H and O–H groups in total. The SMILES string of the molecule is Cl.N[C@H]1C[C@@H](O)CN(c2nnnn2Cc2ccc(-c3ccccc3)cc2)C1. The first kappa shape index (κ1) is 19.3. The van der Waals surface area contributed by atoms with Crippen molar-refractivity contribution in [1.29, 1.82) is 0 Å². The maximum absolute atomic E-state index is 9.97. The number of benzene rings is 2. The predicted octanol–water partition coefficient (Wildman–Crippen LogP) is 1.71. The highest BCUT2D eigenvalue weighted by Gasteiger charge is 2.27. The number of halogens is 1. The first-order chi connectivity index (χ1) is 12.7. The Morgan fingerprint density at radius 3 is 2.41 bits per heavy atom. The summed E-state index contributed by atoms with van der Waals surface area (Å²) in [6.07, 6.45) is 0.160. The first-order valence-electron chi connectivity index (χ1n) is 8.78. The van der Waals surface area contributed by atoms with E-state index in [0.717, 1.165) is 5.56 Å². The Labute approximate surface area is 164 Å². The minimum Gasteiger partial charge on any atom is -0.391 e. The molecule has 3 aromatic rings. The van der Waals surface area contributed by atoms with Crippen LogP contribution >= 0.6 is 12.4 Å². The van der Waals surface area contributed by atoms with E-state index in [4.69, 9.17) is 5.73 Å². The fourth-order valence-corrected chi connectivity index (χ4v) is 3.41. The van der Waals surface area contributed by atoms with Gasteiger partial charge in [0.25, 0.3) is 0 Å². The number of nitrogens with zero attached hydrogens (tertiary/aromatic N) is 5. The number of hydrogen-bond acceptors (Lipinski definition) is 6. The Hall–Kier alpha value is -2.48. The third-order valence-electron chi connectivity index (χ3n) is 4.65. The Morgan fingerprint density at radius 1 is 1.00 bits per heavy atom. The Morgan fingerprint density at radius 2 is 1.70 bits per heavy atom. The predicted molar refractivity (Wildman–Crippen MR) is 107 cm³/mol. The van der Waals surface area contributed by atoms with Gasteiger partial charge < -0.3 is 15.7 Å². The average molecular weight is 387 g/mol. The molecule has 27 heavy (non-hydrogen) atoms. The Bertz CT molecular complexity index is 844. The van der Waals surface area contributed by atoms with Crippen LogP contribution in [0.25, 0.3) is 11.1 Å². The molecule has 4 rings (SSSR count). The summed E-state index contributed by atoms with van der Waals surface area (Å²) in [5.41, 5.74) is 9.50. The topological polar surface area (TPSA) is 93.1 Å². The zero-order valence-corrected chi connectivity index (χ0v) is 15.7. The lowest BCUT2D eigenvalue weighted by molar-refractivity contribution is 0.144. The van der Waals surface area contributed by atoms with Gasteiger partial charge in [-0.3, -0.25) is 0 Å². The van der Waals surface area contributed by atoms with Crippen LogP contribution in [-0.2, 0) is 6.54 Å². The largest absolute Gasteiger partial charge is 0.391 e. The highest BCUT2D eigenvalue weighted by atomic mass is 35.5. The van der Waals surface area contributed by atoms with Gasteiger partial charge in [0.2, 0.25) is 5.95 Å². The fraction of sp³-hybridized carbons (Fsp3) is 0.316. The molecule has 0 spiro atoms. The van der Waals surface area contributed by atoms with Gasteiger partial charge in [-0.15, -0.1) is 12.4 Å². The molecule has 0 unspecified atom stereocenters. The van der Waals surface area contributed by atoms with Crippen LogP contribution in [0.4, 0.5) is 5.95 Å². The summed E-state index contributed by atoms with van der Waals surface area (Å²) < 4.78 is 1.75. The molecule has 1 aromatic heterocycles. The van der Waals surface area contributed by atoms with Crippen molar-refractivity contribution < 1.29 is 5.11 Å². The van der Waals surface area contributed by atoms with Crippen LogP contribution < -0.4 is 10.6 Å². The lowest BCUT2D eigenvalue weighted by atomic mass is 10.0. The van der Waals surface area contributed by atoms with E-state index in [9.17, 15) is 5.11 Å². The number of β-amino-alcohol motifs (C(OH)–C–C–N with tert-alkyl or cyclic N) is 1. The molecule has 0 aliphatic carbocycles. The molecular formula is C19H23ClN6O. The Balaban J connectivity index is 0.00000210. The zero-order chi connectivity index (χ0) is 17.9. The van der Waals surface area contributed by atoms with Gasteiger partial charge in [-0.2, -0.15) is 0 Å². The van der Waals surface area contributed by atoms with Gasteiger partial charge in [0.1, 0.15) is 0 Å². The van der Waals surface area contributed by atoms with Crippen LogP contribution in [0.15, 0.2) is 54.6 Å². The molecule has 1 fully saturated rings. The van der Waals surface area contributed by atoms with Crippen LogP contribution in [0, 0.1) is 0 Å². The number of tetrazole rings is 1. The lowest BCUT2D eigenvalue weighted by Gasteiger charge is -2.33. The molecule has 1 aliphatic rings. The lowest BCUT2D eigenvalue weighted by Crippen LogP contribution is -2.50. The Kier molecular flexibility index (Phi) is 6.05. The van der Waals surface area contributed by atoms with Crippen molar-refractivity contribution in [2.45, 2.75) is 25.1 Å². The summed E-state index contributed by atoms with van der Waals surface area (Å²) in [5, 5.41) is 22.0. The molecule has 2 atom stereocenters. The van der Waals surface area contributed by atoms with Crippen molar-refractivity contribution in [1.82, 2.24) is 20.2 Å². The highest BCUT2D eigenvalue weighted by Crippen LogP contribution is 2.21. The number of anilines is 1. The van der Waals surface area contributed by atoms with E-state index in [1.807, 2.05) is 23.1 Å². The second-order valence-corrected chi connectivity index (χ2v) is 6.75. The van der Waals surface area contributed by atoms with Gasteiger partial charge in [-0.05, 0) is 33.5 Å². The second-order valence-electron chi connectivity index (χ2n) is 6.75. The maximum Gasteiger partial charge on any atom is 0.245 e. The van der Waals surface area contributed by atoms with E-state index < -0.39 is 6.10 Å². The molecule has 8 heteroatoms. The van der Waals surface area contributed by atoms with Gasteiger partial charge in [0.15, 0.2) is 0 Å². The number of rotatable bonds is 4. The number of nitrogens with two attached hydrogens (primary N) is 1. The van der Waals surface area contributed by atoms with Crippen molar-refractivity contribution in [3.8, 4) is 11.1 Å². The standard InChI is InChI=1S/C19H22N6O.ClH/c20-17-10-18(26)13-24(12-17)19-21-22-23-25(19)11-14-6-8-16(9-7-14)15-4-2-1-3-5-15;/h1-9,17-18,26H,10-13,20H2;1H/t17-,18+;/m0./s1. The zero-order valence-electron chi connectivity index (χ0n) is 14.8. The van der Waals surface area contributed by atoms with Crippen molar-refractivity contribution in [3.05, 3.63) is 60.2 Å². The normalized spacial score (nSPS) is 19.6. The number of aromatic nitrogens is 4. The van der Waals surface area contributed by atoms with Crippen LogP contribution in [0.5, 0.6) is 0 Å². The summed E-state index contributed by atoms with van der Waals surface area (Å²) in [4.78, 5) is 1.96. The van der Waals surface area contributed by atoms with Gasteiger partial charge in [0, 0.05) is 19.1 Å². The van der Waals surface area contributed by atoms with Crippen LogP contribution in [0.1, 0.15) is 12.0 Å². The second kappa shape index (κ2) is 8.47. The summed E-state index contributed by atoms with van der Waals surface area (Å²) in [7, 11) is 0. The van der Waals surface area contributed by atoms with Crippen molar-refractivity contribution in [2.24, 2.45) is 5.73 Å². The smallest absolute Gasteiger partial charge is 0.245 e. The molecule has 2 heterocycles. The monoisotopic (exact) mass is 386 g/mol. The van der Waals surface area contributed by atoms with Gasteiger partial charge in [-0.25, -0.2) is 4.68 Å². The van der Waals surface area contributed by atoms with E-state index in [1.165, 1.54) is 11.1 Å². The minimum atomic E-state index is -0.450. The number of aliphatic hydroxyl groups excluding tert-OH is 1. The highest BCUT2D eigenvalue weighted by molar-refractivity contribution is 5.85. The average Bonchev–Trinajstić information content (AvgIpc) is 3.10. The molecule has 142 valence electrons. The molecule has 1 saturated heterocycles. The van der Waals surface area contributed by atoms with E-state index in [2.05, 4.69) is 51.9 Å². The molecule has 7 nitrogen and oxygen atoms in total. The van der Waals surface area contributed by atoms with Crippen molar-refractivity contribution >= 4 is 18.4 Å². The van der Waals surface area contributed by atoms with E-state index >= 15 is 0 Å². The van der Waals surface area contributed by atoms with Crippen LogP contribution in [-0.4, -0.2) is 50.5 Å². The summed E-state index contributed by atoms with van der Waals surface area (Å²) in [6.45, 7) is 1.71. The van der Waals surface area contributed by atoms with Gasteiger partial charge in [-0.1, -0.05) is 59.7 Å². The van der Waals surface area contributed by atoms with Crippen LogP contribution in [0.3, 0.4) is 0 Å². The molecule has 0 radical (unpaired) electrons. The van der Waals surface area contributed by atoms with E-state index in [-0.39, 0.29) is 18.4 Å². The quantitative estimate of drug-likeness (QED) is 0.709. The summed E-state index contributed by atoms with van der Waals surface area (Å²) in [6, 6.07) is 18.6. The molecular weight excluding hydrogens is 364 g/mol. The van der Waals surface area contributed by atoms with Crippen molar-refractivity contribution in [2.75, 3.05) is 18.0 Å². The number of piperidine rings is 1. The first-order valence-corrected chi connectivity index (χ1v) is 8.78. The van der Waals surface area contributed by atoms with E-state index in [0.29, 0.717) is 32.0 Å². The van der Waals surface area contributed by atoms with Gasteiger partial charge >= 0.3 is 0 Å².